The number of ether oxygens (including phenoxy) is 1. The van der Waals surface area contributed by atoms with Crippen LogP contribution in [0.15, 0.2) is 12.2 Å². The molecule has 0 aliphatic carbocycles. The molecule has 0 aromatic carbocycles. The fourth-order valence-electron chi connectivity index (χ4n) is 2.29. The number of hydrogen-bond acceptors (Lipinski definition) is 4. The number of imide groups is 1. The Morgan fingerprint density at radius 3 is 2.08 bits per heavy atom. The number of amides is 2. The van der Waals surface area contributed by atoms with Gasteiger partial charge >= 0.3 is 0 Å². The van der Waals surface area contributed by atoms with Crippen molar-refractivity contribution >= 4 is 11.8 Å². The van der Waals surface area contributed by atoms with E-state index in [2.05, 4.69) is 0 Å². The highest BCUT2D eigenvalue weighted by atomic mass is 16.5. The molecule has 3 unspecified atom stereocenters. The van der Waals surface area contributed by atoms with E-state index in [4.69, 9.17) is 9.94 Å². The summed E-state index contributed by atoms with van der Waals surface area (Å²) >= 11 is 0. The van der Waals surface area contributed by atoms with Crippen molar-refractivity contribution < 1.29 is 19.5 Å². The molecular formula is C8H7NO4. The van der Waals surface area contributed by atoms with Gasteiger partial charge in [-0.1, -0.05) is 12.2 Å². The van der Waals surface area contributed by atoms with E-state index < -0.39 is 23.7 Å². The first-order chi connectivity index (χ1) is 6.20. The zero-order valence-corrected chi connectivity index (χ0v) is 6.58. The normalized spacial score (nSPS) is 46.4. The zero-order valence-electron chi connectivity index (χ0n) is 6.58. The molecular weight excluding hydrogens is 174 g/mol. The molecule has 2 fully saturated rings. The number of fused-ring (bicyclic) bond motifs is 5. The van der Waals surface area contributed by atoms with E-state index in [9.17, 15) is 9.59 Å². The highest BCUT2D eigenvalue weighted by Crippen LogP contribution is 2.44. The molecule has 3 aliphatic rings. The van der Waals surface area contributed by atoms with Gasteiger partial charge in [-0.05, 0) is 0 Å². The van der Waals surface area contributed by atoms with Gasteiger partial charge in [0.05, 0.1) is 24.0 Å². The van der Waals surface area contributed by atoms with Gasteiger partial charge < -0.3 is 4.74 Å². The molecule has 2 saturated heterocycles. The standard InChI is InChI=1S/C8H7NO4/c10-7-5-3-1-2-4(13-3)6(5)8(11)9(7)12/h1-6,12H/t3-,4?,5?,6?/m0/s1. The van der Waals surface area contributed by atoms with Crippen molar-refractivity contribution in [2.24, 2.45) is 11.8 Å². The molecule has 2 bridgehead atoms. The first-order valence-electron chi connectivity index (χ1n) is 4.10. The van der Waals surface area contributed by atoms with Gasteiger partial charge in [-0.2, -0.15) is 5.06 Å². The average Bonchev–Trinajstić information content (AvgIpc) is 2.76. The zero-order chi connectivity index (χ0) is 9.16. The second-order valence-electron chi connectivity index (χ2n) is 3.49. The number of hydroxylamine groups is 2. The summed E-state index contributed by atoms with van der Waals surface area (Å²) in [7, 11) is 0. The van der Waals surface area contributed by atoms with Crippen molar-refractivity contribution in [1.29, 1.82) is 0 Å². The Hall–Kier alpha value is -1.20. The minimum Gasteiger partial charge on any atom is -0.365 e. The topological polar surface area (TPSA) is 66.8 Å². The molecule has 0 spiro atoms. The van der Waals surface area contributed by atoms with Crippen LogP contribution in [-0.4, -0.2) is 34.3 Å². The van der Waals surface area contributed by atoms with Gasteiger partial charge in [0.2, 0.25) is 0 Å². The average molecular weight is 181 g/mol. The van der Waals surface area contributed by atoms with Crippen LogP contribution < -0.4 is 0 Å². The summed E-state index contributed by atoms with van der Waals surface area (Å²) in [5, 5.41) is 9.31. The van der Waals surface area contributed by atoms with Crippen molar-refractivity contribution in [2.75, 3.05) is 0 Å². The Morgan fingerprint density at radius 1 is 1.15 bits per heavy atom. The Labute approximate surface area is 73.5 Å². The highest BCUT2D eigenvalue weighted by Gasteiger charge is 2.60. The van der Waals surface area contributed by atoms with Gasteiger partial charge in [-0.25, -0.2) is 0 Å². The molecule has 13 heavy (non-hydrogen) atoms. The fraction of sp³-hybridized carbons (Fsp3) is 0.500. The summed E-state index contributed by atoms with van der Waals surface area (Å²) < 4.78 is 5.34. The van der Waals surface area contributed by atoms with Crippen molar-refractivity contribution in [2.45, 2.75) is 12.2 Å². The van der Waals surface area contributed by atoms with Crippen molar-refractivity contribution in [1.82, 2.24) is 5.06 Å². The third-order valence-electron chi connectivity index (χ3n) is 2.89. The van der Waals surface area contributed by atoms with Crippen LogP contribution in [0.2, 0.25) is 0 Å². The predicted molar refractivity (Wildman–Crippen MR) is 38.4 cm³/mol. The van der Waals surface area contributed by atoms with E-state index >= 15 is 0 Å². The van der Waals surface area contributed by atoms with Gasteiger partial charge in [0.25, 0.3) is 11.8 Å². The fourth-order valence-corrected chi connectivity index (χ4v) is 2.29. The lowest BCUT2D eigenvalue weighted by Crippen LogP contribution is -2.31. The van der Waals surface area contributed by atoms with E-state index in [1.165, 1.54) is 0 Å². The van der Waals surface area contributed by atoms with E-state index in [1.807, 2.05) is 0 Å². The lowest BCUT2D eigenvalue weighted by molar-refractivity contribution is -0.175. The number of carbonyl (C=O) groups excluding carboxylic acids is 2. The maximum Gasteiger partial charge on any atom is 0.260 e. The molecule has 3 rings (SSSR count). The maximum absolute atomic E-state index is 11.3. The Balaban J connectivity index is 2.08. The number of carbonyl (C=O) groups is 2. The van der Waals surface area contributed by atoms with Gasteiger partial charge in [0.15, 0.2) is 0 Å². The van der Waals surface area contributed by atoms with Gasteiger partial charge in [-0.3, -0.25) is 14.8 Å². The smallest absolute Gasteiger partial charge is 0.260 e. The molecule has 0 aromatic rings. The molecule has 5 nitrogen and oxygen atoms in total. The highest BCUT2D eigenvalue weighted by molar-refractivity contribution is 6.05. The van der Waals surface area contributed by atoms with Crippen LogP contribution in [0, 0.1) is 11.8 Å². The monoisotopic (exact) mass is 181 g/mol. The molecule has 68 valence electrons. The first-order valence-corrected chi connectivity index (χ1v) is 4.10. The molecule has 2 amide bonds. The second kappa shape index (κ2) is 2.00. The van der Waals surface area contributed by atoms with Gasteiger partial charge in [0, 0.05) is 0 Å². The second-order valence-corrected chi connectivity index (χ2v) is 3.49. The van der Waals surface area contributed by atoms with Crippen molar-refractivity contribution in [3.63, 3.8) is 0 Å². The molecule has 3 aliphatic heterocycles. The lowest BCUT2D eigenvalue weighted by Gasteiger charge is -2.09. The third kappa shape index (κ3) is 0.653. The summed E-state index contributed by atoms with van der Waals surface area (Å²) in [6.07, 6.45) is 2.92. The Morgan fingerprint density at radius 2 is 1.62 bits per heavy atom. The summed E-state index contributed by atoms with van der Waals surface area (Å²) in [5.74, 6) is -2.06. The quantitative estimate of drug-likeness (QED) is 0.305. The van der Waals surface area contributed by atoms with Crippen molar-refractivity contribution in [3.8, 4) is 0 Å². The Bertz CT molecular complexity index is 307. The lowest BCUT2D eigenvalue weighted by atomic mass is 9.85. The van der Waals surface area contributed by atoms with Gasteiger partial charge in [0.1, 0.15) is 0 Å². The Kier molecular flexibility index (Phi) is 1.11. The first kappa shape index (κ1) is 7.23. The van der Waals surface area contributed by atoms with Crippen LogP contribution >= 0.6 is 0 Å². The van der Waals surface area contributed by atoms with E-state index in [-0.39, 0.29) is 17.3 Å². The number of rotatable bonds is 0. The maximum atomic E-state index is 11.3. The molecule has 0 saturated carbocycles. The number of hydrogen-bond donors (Lipinski definition) is 1. The summed E-state index contributed by atoms with van der Waals surface area (Å²) in [5.41, 5.74) is 0. The van der Waals surface area contributed by atoms with E-state index in [1.54, 1.807) is 12.2 Å². The summed E-state index contributed by atoms with van der Waals surface area (Å²) in [6, 6.07) is 0. The molecule has 5 heteroatoms. The predicted octanol–water partition coefficient (Wildman–Crippen LogP) is -0.686. The van der Waals surface area contributed by atoms with Crippen LogP contribution in [0.25, 0.3) is 0 Å². The molecule has 0 aromatic heterocycles. The van der Waals surface area contributed by atoms with Crippen LogP contribution in [0.4, 0.5) is 0 Å². The van der Waals surface area contributed by atoms with Crippen LogP contribution in [0.3, 0.4) is 0 Å². The molecule has 1 N–H and O–H groups in total. The van der Waals surface area contributed by atoms with Crippen LogP contribution in [0.1, 0.15) is 0 Å². The molecule has 3 heterocycles. The van der Waals surface area contributed by atoms with E-state index in [0.29, 0.717) is 0 Å². The van der Waals surface area contributed by atoms with Crippen LogP contribution in [0.5, 0.6) is 0 Å². The SMILES string of the molecule is O=C1C2C3C=C[C@H](O3)C2C(=O)N1O. The summed E-state index contributed by atoms with van der Waals surface area (Å²) in [4.78, 5) is 22.7. The minimum absolute atomic E-state index is 0.227. The van der Waals surface area contributed by atoms with Crippen molar-refractivity contribution in [3.05, 3.63) is 12.2 Å². The van der Waals surface area contributed by atoms with Crippen LogP contribution in [-0.2, 0) is 14.3 Å². The van der Waals surface area contributed by atoms with E-state index in [0.717, 1.165) is 0 Å². The number of nitrogens with zero attached hydrogens (tertiary/aromatic N) is 1. The molecule has 4 atom stereocenters. The largest absolute Gasteiger partial charge is 0.365 e. The third-order valence-corrected chi connectivity index (χ3v) is 2.89. The molecule has 0 radical (unpaired) electrons. The summed E-state index contributed by atoms with van der Waals surface area (Å²) in [6.45, 7) is 0. The van der Waals surface area contributed by atoms with Gasteiger partial charge in [-0.15, -0.1) is 0 Å². The minimum atomic E-state index is -0.535.